The zero-order valence-corrected chi connectivity index (χ0v) is 20.4. The monoisotopic (exact) mass is 471 g/mol. The van der Waals surface area contributed by atoms with Crippen molar-refractivity contribution in [3.05, 3.63) is 77.0 Å². The number of hydrogen-bond acceptors (Lipinski definition) is 4. The van der Waals surface area contributed by atoms with Crippen molar-refractivity contribution in [3.8, 4) is 0 Å². The number of carbonyl (C=O) groups is 3. The van der Waals surface area contributed by atoms with Gasteiger partial charge in [-0.25, -0.2) is 9.59 Å². The number of rotatable bonds is 4. The smallest absolute Gasteiger partial charge is 0.331 e. The fourth-order valence-electron chi connectivity index (χ4n) is 4.98. The van der Waals surface area contributed by atoms with Crippen molar-refractivity contribution >= 4 is 34.9 Å². The predicted octanol–water partition coefficient (Wildman–Crippen LogP) is 4.54. The molecule has 3 amide bonds. The van der Waals surface area contributed by atoms with Crippen molar-refractivity contribution < 1.29 is 19.1 Å². The molecule has 3 aromatic rings. The molecule has 1 fully saturated rings. The maximum atomic E-state index is 13.0. The molecule has 2 aliphatic rings. The summed E-state index contributed by atoms with van der Waals surface area (Å²) in [6, 6.07) is 15.9. The molecule has 7 heteroatoms. The molecule has 0 radical (unpaired) electrons. The highest BCUT2D eigenvalue weighted by atomic mass is 16.6. The minimum Gasteiger partial charge on any atom is -0.457 e. The molecule has 5 rings (SSSR count). The van der Waals surface area contributed by atoms with Crippen LogP contribution in [0.1, 0.15) is 49.1 Å². The van der Waals surface area contributed by atoms with Crippen LogP contribution in [0.5, 0.6) is 0 Å². The summed E-state index contributed by atoms with van der Waals surface area (Å²) in [5.41, 5.74) is 4.58. The molecule has 3 heterocycles. The maximum absolute atomic E-state index is 13.0. The Hall–Kier alpha value is -3.87. The van der Waals surface area contributed by atoms with E-state index in [1.807, 2.05) is 57.2 Å². The fourth-order valence-corrected chi connectivity index (χ4v) is 4.98. The Morgan fingerprint density at radius 1 is 1.09 bits per heavy atom. The van der Waals surface area contributed by atoms with Gasteiger partial charge in [-0.2, -0.15) is 0 Å². The van der Waals surface area contributed by atoms with Gasteiger partial charge in [0.05, 0.1) is 12.5 Å². The van der Waals surface area contributed by atoms with Crippen LogP contribution >= 0.6 is 0 Å². The summed E-state index contributed by atoms with van der Waals surface area (Å²) < 4.78 is 7.54. The molecule has 180 valence electrons. The van der Waals surface area contributed by atoms with E-state index in [2.05, 4.69) is 16.7 Å². The summed E-state index contributed by atoms with van der Waals surface area (Å²) in [6.45, 7) is 7.04. The molecule has 0 spiro atoms. The molecule has 0 unspecified atom stereocenters. The molecular formula is C28H29N3O4. The zero-order valence-electron chi connectivity index (χ0n) is 20.4. The van der Waals surface area contributed by atoms with Gasteiger partial charge in [0.2, 0.25) is 5.91 Å². The lowest BCUT2D eigenvalue weighted by molar-refractivity contribution is -0.148. The van der Waals surface area contributed by atoms with Gasteiger partial charge in [-0.3, -0.25) is 9.69 Å². The highest BCUT2D eigenvalue weighted by Gasteiger charge is 2.44. The topological polar surface area (TPSA) is 71.8 Å². The number of fused-ring (bicyclic) bond motifs is 6. The van der Waals surface area contributed by atoms with Crippen molar-refractivity contribution in [2.24, 2.45) is 0 Å². The molecule has 2 aliphatic heterocycles. The van der Waals surface area contributed by atoms with Gasteiger partial charge in [0.1, 0.15) is 5.60 Å². The second-order valence-electron chi connectivity index (χ2n) is 10.2. The summed E-state index contributed by atoms with van der Waals surface area (Å²) in [4.78, 5) is 40.6. The van der Waals surface area contributed by atoms with Gasteiger partial charge in [0, 0.05) is 42.8 Å². The summed E-state index contributed by atoms with van der Waals surface area (Å²) in [7, 11) is 1.56. The van der Waals surface area contributed by atoms with Crippen molar-refractivity contribution in [1.82, 2.24) is 14.4 Å². The number of para-hydroxylation sites is 1. The lowest BCUT2D eigenvalue weighted by atomic mass is 9.89. The van der Waals surface area contributed by atoms with Gasteiger partial charge in [-0.1, -0.05) is 42.5 Å². The minimum absolute atomic E-state index is 0.142. The third kappa shape index (κ3) is 4.22. The molecule has 1 atom stereocenters. The minimum atomic E-state index is -0.524. The first-order chi connectivity index (χ1) is 16.6. The average Bonchev–Trinajstić information content (AvgIpc) is 3.13. The summed E-state index contributed by atoms with van der Waals surface area (Å²) in [6.07, 6.45) is 3.18. The predicted molar refractivity (Wildman–Crippen MR) is 134 cm³/mol. The van der Waals surface area contributed by atoms with Crippen LogP contribution in [0, 0.1) is 0 Å². The van der Waals surface area contributed by atoms with Crippen LogP contribution in [0.15, 0.2) is 54.6 Å². The summed E-state index contributed by atoms with van der Waals surface area (Å²) in [5.74, 6) is -0.855. The largest absolute Gasteiger partial charge is 0.457 e. The van der Waals surface area contributed by atoms with Gasteiger partial charge < -0.3 is 14.2 Å². The molecule has 0 saturated carbocycles. The van der Waals surface area contributed by atoms with Crippen LogP contribution in [0.2, 0.25) is 0 Å². The van der Waals surface area contributed by atoms with Crippen LogP contribution in [0.25, 0.3) is 17.0 Å². The quantitative estimate of drug-likeness (QED) is 0.414. The second-order valence-corrected chi connectivity index (χ2v) is 10.2. The van der Waals surface area contributed by atoms with Crippen molar-refractivity contribution in [2.45, 2.75) is 45.4 Å². The number of nitrogens with zero attached hydrogens (tertiary/aromatic N) is 3. The molecular weight excluding hydrogens is 442 g/mol. The van der Waals surface area contributed by atoms with E-state index in [0.717, 1.165) is 33.3 Å². The third-order valence-corrected chi connectivity index (χ3v) is 6.54. The first kappa shape index (κ1) is 22.9. The van der Waals surface area contributed by atoms with Crippen molar-refractivity contribution in [2.75, 3.05) is 13.6 Å². The number of hydrogen-bond donors (Lipinski definition) is 0. The number of imide groups is 1. The Labute approximate surface area is 204 Å². The third-order valence-electron chi connectivity index (χ3n) is 6.54. The van der Waals surface area contributed by atoms with Gasteiger partial charge >= 0.3 is 12.0 Å². The number of carbonyl (C=O) groups excluding carboxylic acids is 3. The number of benzene rings is 2. The van der Waals surface area contributed by atoms with E-state index in [1.165, 1.54) is 11.0 Å². The molecule has 35 heavy (non-hydrogen) atoms. The van der Waals surface area contributed by atoms with Crippen LogP contribution in [-0.2, 0) is 27.4 Å². The summed E-state index contributed by atoms with van der Waals surface area (Å²) in [5, 5.41) is 1.07. The first-order valence-corrected chi connectivity index (χ1v) is 11.8. The Morgan fingerprint density at radius 3 is 2.51 bits per heavy atom. The number of amides is 3. The lowest BCUT2D eigenvalue weighted by Crippen LogP contribution is -2.56. The van der Waals surface area contributed by atoms with Crippen LogP contribution in [0.4, 0.5) is 4.79 Å². The Balaban J connectivity index is 1.45. The summed E-state index contributed by atoms with van der Waals surface area (Å²) >= 11 is 0. The number of esters is 1. The van der Waals surface area contributed by atoms with Gasteiger partial charge in [0.25, 0.3) is 0 Å². The highest BCUT2D eigenvalue weighted by Crippen LogP contribution is 2.40. The van der Waals surface area contributed by atoms with E-state index in [4.69, 9.17) is 4.74 Å². The molecule has 2 aromatic carbocycles. The Kier molecular flexibility index (Phi) is 5.50. The normalized spacial score (nSPS) is 17.9. The number of ether oxygens (including phenoxy) is 1. The van der Waals surface area contributed by atoms with E-state index < -0.39 is 5.60 Å². The van der Waals surface area contributed by atoms with Crippen molar-refractivity contribution in [3.63, 3.8) is 0 Å². The Bertz CT molecular complexity index is 1360. The molecule has 7 nitrogen and oxygen atoms in total. The maximum Gasteiger partial charge on any atom is 0.331 e. The molecule has 1 aromatic heterocycles. The van der Waals surface area contributed by atoms with Gasteiger partial charge in [-0.05, 0) is 49.6 Å². The SMILES string of the molecule is CN1C(=O)[C@@H]2CN(Cc3c2c2ccccc2n3Cc2ccc(/C=C/C(=O)OC(C)(C)C)cc2)C1=O. The lowest BCUT2D eigenvalue weighted by Gasteiger charge is -2.41. The molecule has 0 aliphatic carbocycles. The average molecular weight is 472 g/mol. The zero-order chi connectivity index (χ0) is 24.9. The highest BCUT2D eigenvalue weighted by molar-refractivity contribution is 6.04. The van der Waals surface area contributed by atoms with Gasteiger partial charge in [0.15, 0.2) is 0 Å². The second kappa shape index (κ2) is 8.41. The fraction of sp³-hybridized carbons (Fsp3) is 0.321. The van der Waals surface area contributed by atoms with Crippen LogP contribution in [0.3, 0.4) is 0 Å². The van der Waals surface area contributed by atoms with E-state index in [-0.39, 0.29) is 23.8 Å². The van der Waals surface area contributed by atoms with E-state index >= 15 is 0 Å². The molecule has 0 N–H and O–H groups in total. The van der Waals surface area contributed by atoms with Gasteiger partial charge in [-0.15, -0.1) is 0 Å². The molecule has 1 saturated heterocycles. The van der Waals surface area contributed by atoms with E-state index in [0.29, 0.717) is 19.6 Å². The van der Waals surface area contributed by atoms with E-state index in [1.54, 1.807) is 18.0 Å². The van der Waals surface area contributed by atoms with Crippen LogP contribution in [-0.4, -0.2) is 51.5 Å². The number of aromatic nitrogens is 1. The number of likely N-dealkylation sites (N-methyl/N-ethyl adjacent to an activating group) is 1. The number of urea groups is 1. The standard InChI is InChI=1S/C28H29N3O4/c1-28(2,3)35-24(32)14-13-18-9-11-19(12-10-18)15-31-22-8-6-5-7-20(22)25-21-16-30(17-23(25)31)27(34)29(4)26(21)33/h5-14,21H,15-17H2,1-4H3/b14-13+/t21-/m1/s1. The Morgan fingerprint density at radius 2 is 1.80 bits per heavy atom. The first-order valence-electron chi connectivity index (χ1n) is 11.8. The van der Waals surface area contributed by atoms with Crippen molar-refractivity contribution in [1.29, 1.82) is 0 Å². The van der Waals surface area contributed by atoms with E-state index in [9.17, 15) is 14.4 Å². The van der Waals surface area contributed by atoms with Crippen LogP contribution < -0.4 is 0 Å². The molecule has 2 bridgehead atoms.